The van der Waals surface area contributed by atoms with Gasteiger partial charge in [-0.05, 0) is 82.1 Å². The number of piperazine rings is 1. The van der Waals surface area contributed by atoms with Gasteiger partial charge in [0.05, 0.1) is 24.9 Å². The van der Waals surface area contributed by atoms with E-state index in [4.69, 9.17) is 9.47 Å². The van der Waals surface area contributed by atoms with E-state index >= 15 is 4.39 Å². The summed E-state index contributed by atoms with van der Waals surface area (Å²) in [6, 6.07) is 10.9. The van der Waals surface area contributed by atoms with Gasteiger partial charge in [0.25, 0.3) is 0 Å². The molecule has 3 saturated heterocycles. The highest BCUT2D eigenvalue weighted by Crippen LogP contribution is 2.40. The summed E-state index contributed by atoms with van der Waals surface area (Å²) in [7, 11) is -2.68. The molecular formula is C48H74FN5O4S. The van der Waals surface area contributed by atoms with Crippen LogP contribution in [0.2, 0.25) is 0 Å². The minimum absolute atomic E-state index is 0.0226. The van der Waals surface area contributed by atoms with Crippen LogP contribution in [0.5, 0.6) is 11.5 Å². The number of ether oxygens (including phenoxy) is 2. The lowest BCUT2D eigenvalue weighted by atomic mass is 9.99. The Bertz CT molecular complexity index is 1820. The first-order valence-electron chi connectivity index (χ1n) is 23.4. The molecule has 2 aromatic carbocycles. The van der Waals surface area contributed by atoms with Gasteiger partial charge < -0.3 is 19.3 Å². The molecule has 328 valence electrons. The lowest BCUT2D eigenvalue weighted by Gasteiger charge is -2.46. The normalized spacial score (nSPS) is 18.2. The number of anilines is 1. The minimum atomic E-state index is -4.28. The molecule has 11 heteroatoms. The predicted octanol–water partition coefficient (Wildman–Crippen LogP) is 10.1. The van der Waals surface area contributed by atoms with Gasteiger partial charge in [-0.1, -0.05) is 97.3 Å². The zero-order chi connectivity index (χ0) is 41.5. The standard InChI is InChI=1S/C48H74FN5O4S/c1-4-6-7-8-9-10-11-12-13-14-15-16-17-18-35-58-42-20-22-46(44(49)37-42)59(55,56)47-38-50-45-21-19-41(57-3)36-43(45)48(47)54-29-25-40(26-30-54)53-33-31-52(32-34-53)39-23-27-51(5-2)28-24-39/h19-22,36-40H,4-18,23-35H2,1-3H3. The molecule has 0 unspecified atom stereocenters. The third-order valence-corrected chi connectivity index (χ3v) is 15.2. The second-order valence-corrected chi connectivity index (χ2v) is 19.2. The molecule has 0 amide bonds. The summed E-state index contributed by atoms with van der Waals surface area (Å²) in [5, 5.41) is 0.695. The number of likely N-dealkylation sites (tertiary alicyclic amines) is 1. The second kappa shape index (κ2) is 23.3. The molecule has 3 fully saturated rings. The number of methoxy groups -OCH3 is 1. The number of fused-ring (bicyclic) bond motifs is 1. The summed E-state index contributed by atoms with van der Waals surface area (Å²) in [6.45, 7) is 14.4. The molecule has 0 radical (unpaired) electrons. The SMILES string of the molecule is CCCCCCCCCCCCCCCCOc1ccc(S(=O)(=O)c2cnc3ccc(OC)cc3c2N2CCC(N3CCN(C4CCN(CC)CC4)CC3)CC2)c(F)c1. The molecule has 4 heterocycles. The van der Waals surface area contributed by atoms with Gasteiger partial charge >= 0.3 is 0 Å². The van der Waals surface area contributed by atoms with Crippen LogP contribution in [0.4, 0.5) is 10.1 Å². The van der Waals surface area contributed by atoms with Gasteiger partial charge in [0.1, 0.15) is 27.1 Å². The molecule has 3 aliphatic heterocycles. The van der Waals surface area contributed by atoms with E-state index < -0.39 is 15.7 Å². The number of aromatic nitrogens is 1. The maximum absolute atomic E-state index is 15.8. The number of unbranched alkanes of at least 4 members (excludes halogenated alkanes) is 13. The fourth-order valence-electron chi connectivity index (χ4n) is 9.71. The Morgan fingerprint density at radius 3 is 1.75 bits per heavy atom. The van der Waals surface area contributed by atoms with Gasteiger partial charge in [0.2, 0.25) is 9.84 Å². The van der Waals surface area contributed by atoms with Crippen LogP contribution >= 0.6 is 0 Å². The van der Waals surface area contributed by atoms with Crippen LogP contribution in [0.25, 0.3) is 10.9 Å². The van der Waals surface area contributed by atoms with E-state index in [9.17, 15) is 8.42 Å². The molecular weight excluding hydrogens is 762 g/mol. The van der Waals surface area contributed by atoms with E-state index in [2.05, 4.69) is 38.4 Å². The molecule has 59 heavy (non-hydrogen) atoms. The smallest absolute Gasteiger partial charge is 0.213 e. The largest absolute Gasteiger partial charge is 0.497 e. The average Bonchev–Trinajstić information content (AvgIpc) is 3.27. The van der Waals surface area contributed by atoms with Crippen LogP contribution in [0.15, 0.2) is 52.4 Å². The molecule has 9 nitrogen and oxygen atoms in total. The van der Waals surface area contributed by atoms with Gasteiger partial charge in [0.15, 0.2) is 0 Å². The van der Waals surface area contributed by atoms with Crippen molar-refractivity contribution in [3.63, 3.8) is 0 Å². The molecule has 0 N–H and O–H groups in total. The number of benzene rings is 2. The predicted molar refractivity (Wildman–Crippen MR) is 239 cm³/mol. The van der Waals surface area contributed by atoms with Gasteiger partial charge in [-0.2, -0.15) is 0 Å². The number of sulfone groups is 1. The Morgan fingerprint density at radius 1 is 0.661 bits per heavy atom. The second-order valence-electron chi connectivity index (χ2n) is 17.4. The number of piperidine rings is 2. The summed E-state index contributed by atoms with van der Waals surface area (Å²) >= 11 is 0. The van der Waals surface area contributed by atoms with Crippen LogP contribution in [-0.4, -0.2) is 113 Å². The molecule has 0 aliphatic carbocycles. The van der Waals surface area contributed by atoms with E-state index in [1.165, 1.54) is 121 Å². The highest BCUT2D eigenvalue weighted by molar-refractivity contribution is 7.91. The van der Waals surface area contributed by atoms with Crippen molar-refractivity contribution in [2.75, 3.05) is 77.5 Å². The maximum Gasteiger partial charge on any atom is 0.213 e. The Balaban J connectivity index is 1.02. The summed E-state index contributed by atoms with van der Waals surface area (Å²) in [5.74, 6) is 0.158. The maximum atomic E-state index is 15.8. The van der Waals surface area contributed by atoms with Crippen molar-refractivity contribution < 1.29 is 22.3 Å². The first-order valence-corrected chi connectivity index (χ1v) is 24.9. The summed E-state index contributed by atoms with van der Waals surface area (Å²) in [4.78, 5) is 14.3. The lowest BCUT2D eigenvalue weighted by molar-refractivity contribution is 0.0384. The highest BCUT2D eigenvalue weighted by Gasteiger charge is 2.34. The Hall–Kier alpha value is -2.99. The molecule has 3 aromatic rings. The van der Waals surface area contributed by atoms with Crippen molar-refractivity contribution in [2.24, 2.45) is 0 Å². The fourth-order valence-corrected chi connectivity index (χ4v) is 11.2. The Kier molecular flexibility index (Phi) is 18.0. The highest BCUT2D eigenvalue weighted by atomic mass is 32.2. The zero-order valence-corrected chi connectivity index (χ0v) is 37.5. The number of hydrogen-bond acceptors (Lipinski definition) is 9. The number of halogens is 1. The van der Waals surface area contributed by atoms with Gasteiger partial charge in [-0.3, -0.25) is 14.8 Å². The summed E-state index contributed by atoms with van der Waals surface area (Å²) < 4.78 is 56.2. The monoisotopic (exact) mass is 836 g/mol. The quantitative estimate of drug-likeness (QED) is 0.0868. The number of hydrogen-bond donors (Lipinski definition) is 0. The van der Waals surface area contributed by atoms with Crippen molar-refractivity contribution in [2.45, 2.75) is 151 Å². The van der Waals surface area contributed by atoms with Crippen LogP contribution < -0.4 is 14.4 Å². The van der Waals surface area contributed by atoms with E-state index in [1.54, 1.807) is 13.2 Å². The molecule has 1 aromatic heterocycles. The minimum Gasteiger partial charge on any atom is -0.497 e. The molecule has 0 saturated carbocycles. The molecule has 3 aliphatic rings. The molecule has 6 rings (SSSR count). The Labute approximate surface area is 355 Å². The lowest BCUT2D eigenvalue weighted by Crippen LogP contribution is -2.56. The fraction of sp³-hybridized carbons (Fsp3) is 0.688. The van der Waals surface area contributed by atoms with Crippen LogP contribution in [-0.2, 0) is 9.84 Å². The van der Waals surface area contributed by atoms with Crippen LogP contribution in [0.3, 0.4) is 0 Å². The van der Waals surface area contributed by atoms with Crippen LogP contribution in [0, 0.1) is 5.82 Å². The van der Waals surface area contributed by atoms with Crippen molar-refractivity contribution in [3.05, 3.63) is 48.4 Å². The van der Waals surface area contributed by atoms with Gasteiger partial charge in [0, 0.05) is 69.0 Å². The van der Waals surface area contributed by atoms with Crippen LogP contribution in [0.1, 0.15) is 129 Å². The van der Waals surface area contributed by atoms with Crippen molar-refractivity contribution in [1.29, 1.82) is 0 Å². The third kappa shape index (κ3) is 12.5. The molecule has 0 spiro atoms. The van der Waals surface area contributed by atoms with E-state index in [1.807, 2.05) is 18.2 Å². The summed E-state index contributed by atoms with van der Waals surface area (Å²) in [5.41, 5.74) is 1.25. The van der Waals surface area contributed by atoms with E-state index in [0.29, 0.717) is 59.9 Å². The molecule has 0 bridgehead atoms. The number of pyridine rings is 1. The summed E-state index contributed by atoms with van der Waals surface area (Å²) in [6.07, 6.45) is 23.7. The zero-order valence-electron chi connectivity index (χ0n) is 36.7. The van der Waals surface area contributed by atoms with Gasteiger partial charge in [-0.25, -0.2) is 12.8 Å². The third-order valence-electron chi connectivity index (χ3n) is 13.4. The van der Waals surface area contributed by atoms with Gasteiger partial charge in [-0.15, -0.1) is 0 Å². The first-order chi connectivity index (χ1) is 28.8. The molecule has 0 atom stereocenters. The first kappa shape index (κ1) is 45.5. The topological polar surface area (TPSA) is 78.4 Å². The van der Waals surface area contributed by atoms with E-state index in [-0.39, 0.29) is 9.79 Å². The van der Waals surface area contributed by atoms with Crippen molar-refractivity contribution >= 4 is 26.4 Å². The van der Waals surface area contributed by atoms with Crippen molar-refractivity contribution in [3.8, 4) is 11.5 Å². The number of nitrogens with zero attached hydrogens (tertiary/aromatic N) is 5. The van der Waals surface area contributed by atoms with E-state index in [0.717, 1.165) is 58.4 Å². The Morgan fingerprint density at radius 2 is 1.20 bits per heavy atom. The van der Waals surface area contributed by atoms with Crippen molar-refractivity contribution in [1.82, 2.24) is 19.7 Å². The number of rotatable bonds is 23. The average molecular weight is 836 g/mol.